The normalized spacial score (nSPS) is 11.3. The number of carbonyl (C=O) groups is 1. The maximum Gasteiger partial charge on any atom is 0.275 e. The van der Waals surface area contributed by atoms with E-state index in [-0.39, 0.29) is 22.3 Å². The molecule has 0 saturated carbocycles. The third-order valence-corrected chi connectivity index (χ3v) is 5.63. The van der Waals surface area contributed by atoms with E-state index < -0.39 is 10.0 Å². The zero-order valence-electron chi connectivity index (χ0n) is 15.4. The first kappa shape index (κ1) is 18.6. The van der Waals surface area contributed by atoms with Gasteiger partial charge in [-0.25, -0.2) is 18.4 Å². The Balaban J connectivity index is 1.50. The van der Waals surface area contributed by atoms with Crippen molar-refractivity contribution >= 4 is 33.1 Å². The molecule has 146 valence electrons. The fraction of sp³-hybridized carbons (Fsp3) is 0.0500. The molecule has 1 aromatic carbocycles. The molecule has 0 saturated heterocycles. The van der Waals surface area contributed by atoms with Crippen LogP contribution in [0.25, 0.3) is 5.65 Å². The number of nitrogens with one attached hydrogen (secondary N) is 2. The molecule has 0 bridgehead atoms. The van der Waals surface area contributed by atoms with E-state index in [1.54, 1.807) is 24.4 Å². The molecule has 0 aliphatic carbocycles. The smallest absolute Gasteiger partial charge is 0.275 e. The van der Waals surface area contributed by atoms with Crippen molar-refractivity contribution in [1.82, 2.24) is 14.4 Å². The molecule has 9 heteroatoms. The highest BCUT2D eigenvalue weighted by atomic mass is 32.2. The van der Waals surface area contributed by atoms with Crippen LogP contribution in [0.5, 0.6) is 0 Å². The van der Waals surface area contributed by atoms with Crippen LogP contribution in [0.2, 0.25) is 0 Å². The van der Waals surface area contributed by atoms with Gasteiger partial charge in [0.1, 0.15) is 17.2 Å². The van der Waals surface area contributed by atoms with Gasteiger partial charge in [-0.2, -0.15) is 0 Å². The summed E-state index contributed by atoms with van der Waals surface area (Å²) in [5.74, 6) is -0.151. The van der Waals surface area contributed by atoms with Crippen LogP contribution in [0.3, 0.4) is 0 Å². The predicted molar refractivity (Wildman–Crippen MR) is 109 cm³/mol. The third kappa shape index (κ3) is 3.94. The Bertz CT molecular complexity index is 1280. The molecule has 0 spiro atoms. The van der Waals surface area contributed by atoms with E-state index >= 15 is 0 Å². The topological polar surface area (TPSA) is 105 Å². The molecule has 3 aromatic heterocycles. The molecule has 4 aromatic rings. The zero-order valence-corrected chi connectivity index (χ0v) is 16.2. The van der Waals surface area contributed by atoms with E-state index in [4.69, 9.17) is 0 Å². The summed E-state index contributed by atoms with van der Waals surface area (Å²) < 4.78 is 29.1. The largest absolute Gasteiger partial charge is 0.321 e. The number of amides is 1. The van der Waals surface area contributed by atoms with Crippen molar-refractivity contribution in [3.05, 3.63) is 84.4 Å². The first-order valence-electron chi connectivity index (χ1n) is 8.72. The number of carbonyl (C=O) groups excluding carboxylic acids is 1. The molecule has 0 aliphatic rings. The first-order valence-corrected chi connectivity index (χ1v) is 10.2. The van der Waals surface area contributed by atoms with Gasteiger partial charge in [-0.15, -0.1) is 0 Å². The lowest BCUT2D eigenvalue weighted by Crippen LogP contribution is -2.15. The second-order valence-electron chi connectivity index (χ2n) is 6.32. The van der Waals surface area contributed by atoms with E-state index in [9.17, 15) is 13.2 Å². The number of aryl methyl sites for hydroxylation is 1. The summed E-state index contributed by atoms with van der Waals surface area (Å²) in [4.78, 5) is 20.8. The number of sulfonamides is 1. The van der Waals surface area contributed by atoms with Crippen LogP contribution in [0, 0.1) is 6.92 Å². The number of pyridine rings is 2. The summed E-state index contributed by atoms with van der Waals surface area (Å²) in [5.41, 5.74) is 2.37. The highest BCUT2D eigenvalue weighted by Gasteiger charge is 2.16. The lowest BCUT2D eigenvalue weighted by molar-refractivity contribution is 0.102. The molecular weight excluding hydrogens is 390 g/mol. The molecule has 0 radical (unpaired) electrons. The summed E-state index contributed by atoms with van der Waals surface area (Å²) in [6.07, 6.45) is 3.16. The third-order valence-electron chi connectivity index (χ3n) is 4.25. The minimum atomic E-state index is -3.77. The highest BCUT2D eigenvalue weighted by Crippen LogP contribution is 2.18. The standard InChI is InChI=1S/C20H17N5O3S/c1-14-5-4-7-19-23-17(13-25(14)19)20(26)22-15-8-10-16(11-9-15)29(27,28)24-18-6-2-3-12-21-18/h2-13H,1H3,(H,21,24)(H,22,26). The lowest BCUT2D eigenvalue weighted by Gasteiger charge is -2.08. The summed E-state index contributed by atoms with van der Waals surface area (Å²) in [5, 5.41) is 2.72. The number of imidazole rings is 1. The number of hydrogen-bond acceptors (Lipinski definition) is 5. The quantitative estimate of drug-likeness (QED) is 0.529. The summed E-state index contributed by atoms with van der Waals surface area (Å²) >= 11 is 0. The average molecular weight is 407 g/mol. The van der Waals surface area contributed by atoms with E-state index in [1.165, 1.54) is 30.5 Å². The van der Waals surface area contributed by atoms with Crippen LogP contribution in [-0.4, -0.2) is 28.7 Å². The van der Waals surface area contributed by atoms with Crippen LogP contribution < -0.4 is 10.0 Å². The Morgan fingerprint density at radius 3 is 2.48 bits per heavy atom. The Kier molecular flexibility index (Phi) is 4.73. The molecule has 0 aliphatic heterocycles. The van der Waals surface area contributed by atoms with Gasteiger partial charge in [0, 0.05) is 23.8 Å². The van der Waals surface area contributed by atoms with Crippen molar-refractivity contribution in [2.24, 2.45) is 0 Å². The van der Waals surface area contributed by atoms with Gasteiger partial charge in [0.05, 0.1) is 4.90 Å². The van der Waals surface area contributed by atoms with E-state index in [2.05, 4.69) is 20.0 Å². The minimum Gasteiger partial charge on any atom is -0.321 e. The van der Waals surface area contributed by atoms with Crippen LogP contribution in [0.4, 0.5) is 11.5 Å². The Morgan fingerprint density at radius 1 is 1.00 bits per heavy atom. The Morgan fingerprint density at radius 2 is 1.79 bits per heavy atom. The van der Waals surface area contributed by atoms with E-state index in [1.807, 2.05) is 29.5 Å². The number of aromatic nitrogens is 3. The minimum absolute atomic E-state index is 0.0597. The number of benzene rings is 1. The lowest BCUT2D eigenvalue weighted by atomic mass is 10.3. The second kappa shape index (κ2) is 7.36. The van der Waals surface area contributed by atoms with Gasteiger partial charge < -0.3 is 9.72 Å². The van der Waals surface area contributed by atoms with Gasteiger partial charge in [0.2, 0.25) is 0 Å². The fourth-order valence-electron chi connectivity index (χ4n) is 2.79. The van der Waals surface area contributed by atoms with Crippen molar-refractivity contribution in [3.8, 4) is 0 Å². The summed E-state index contributed by atoms with van der Waals surface area (Å²) in [7, 11) is -3.77. The molecular formula is C20H17N5O3S. The molecule has 2 N–H and O–H groups in total. The van der Waals surface area contributed by atoms with Crippen molar-refractivity contribution in [2.75, 3.05) is 10.0 Å². The van der Waals surface area contributed by atoms with Gasteiger partial charge in [-0.05, 0) is 55.5 Å². The molecule has 0 fully saturated rings. The van der Waals surface area contributed by atoms with Gasteiger partial charge in [0.15, 0.2) is 0 Å². The van der Waals surface area contributed by atoms with Gasteiger partial charge in [-0.1, -0.05) is 12.1 Å². The number of anilines is 2. The van der Waals surface area contributed by atoms with Crippen LogP contribution >= 0.6 is 0 Å². The van der Waals surface area contributed by atoms with Gasteiger partial charge in [-0.3, -0.25) is 9.52 Å². The van der Waals surface area contributed by atoms with E-state index in [0.29, 0.717) is 11.3 Å². The monoisotopic (exact) mass is 407 g/mol. The Labute approximate surface area is 167 Å². The fourth-order valence-corrected chi connectivity index (χ4v) is 3.80. The van der Waals surface area contributed by atoms with Crippen molar-refractivity contribution in [1.29, 1.82) is 0 Å². The molecule has 0 unspecified atom stereocenters. The summed E-state index contributed by atoms with van der Waals surface area (Å²) in [6, 6.07) is 16.4. The second-order valence-corrected chi connectivity index (χ2v) is 8.00. The number of rotatable bonds is 5. The Hall–Kier alpha value is -3.72. The summed E-state index contributed by atoms with van der Waals surface area (Å²) in [6.45, 7) is 1.93. The van der Waals surface area contributed by atoms with Crippen molar-refractivity contribution in [2.45, 2.75) is 11.8 Å². The number of nitrogens with zero attached hydrogens (tertiary/aromatic N) is 3. The SMILES string of the molecule is Cc1cccc2nc(C(=O)Nc3ccc(S(=O)(=O)Nc4ccccn4)cc3)cn12. The first-order chi connectivity index (χ1) is 13.9. The van der Waals surface area contributed by atoms with Crippen LogP contribution in [-0.2, 0) is 10.0 Å². The average Bonchev–Trinajstić information content (AvgIpc) is 3.15. The zero-order chi connectivity index (χ0) is 20.4. The van der Waals surface area contributed by atoms with Crippen LogP contribution in [0.15, 0.2) is 78.0 Å². The number of fused-ring (bicyclic) bond motifs is 1. The molecule has 1 amide bonds. The molecule has 4 rings (SSSR count). The van der Waals surface area contributed by atoms with Crippen molar-refractivity contribution < 1.29 is 13.2 Å². The maximum atomic E-state index is 12.5. The van der Waals surface area contributed by atoms with Crippen LogP contribution in [0.1, 0.15) is 16.2 Å². The van der Waals surface area contributed by atoms with Crippen molar-refractivity contribution in [3.63, 3.8) is 0 Å². The molecule has 8 nitrogen and oxygen atoms in total. The molecule has 0 atom stereocenters. The predicted octanol–water partition coefficient (Wildman–Crippen LogP) is 3.09. The van der Waals surface area contributed by atoms with Gasteiger partial charge >= 0.3 is 0 Å². The van der Waals surface area contributed by atoms with E-state index in [0.717, 1.165) is 5.69 Å². The number of hydrogen-bond donors (Lipinski definition) is 2. The molecule has 29 heavy (non-hydrogen) atoms. The highest BCUT2D eigenvalue weighted by molar-refractivity contribution is 7.92. The maximum absolute atomic E-state index is 12.5. The molecule has 3 heterocycles. The van der Waals surface area contributed by atoms with Gasteiger partial charge in [0.25, 0.3) is 15.9 Å².